The number of aryl methyl sites for hydroxylation is 1. The maximum absolute atomic E-state index is 13.7. The van der Waals surface area contributed by atoms with Crippen LogP contribution >= 0.6 is 0 Å². The topological polar surface area (TPSA) is 139 Å². The van der Waals surface area contributed by atoms with Crippen molar-refractivity contribution < 1.29 is 27.7 Å². The number of nitrogens with one attached hydrogen (secondary N) is 1. The molecule has 0 aromatic heterocycles. The Morgan fingerprint density at radius 3 is 2.43 bits per heavy atom. The lowest BCUT2D eigenvalue weighted by Gasteiger charge is -2.33. The molecule has 0 aliphatic heterocycles. The normalized spacial score (nSPS) is 11.9. The molecule has 0 saturated carbocycles. The number of benzene rings is 2. The van der Waals surface area contributed by atoms with Crippen molar-refractivity contribution in [3.8, 4) is 5.75 Å². The second-order valence-corrected chi connectivity index (χ2v) is 10.5. The predicted octanol–water partition coefficient (Wildman–Crippen LogP) is 3.01. The van der Waals surface area contributed by atoms with Crippen LogP contribution in [0, 0.1) is 17.0 Å². The van der Waals surface area contributed by atoms with Crippen molar-refractivity contribution in [2.24, 2.45) is 0 Å². The summed E-state index contributed by atoms with van der Waals surface area (Å²) in [5, 5.41) is 14.1. The number of nitrogens with zero attached hydrogens (tertiary/aromatic N) is 3. The van der Waals surface area contributed by atoms with Gasteiger partial charge >= 0.3 is 0 Å². The Kier molecular flexibility index (Phi) is 10.4. The van der Waals surface area contributed by atoms with Gasteiger partial charge < -0.3 is 15.0 Å². The molecule has 11 nitrogen and oxygen atoms in total. The molecular weight excluding hydrogens is 500 g/mol. The monoisotopic (exact) mass is 534 g/mol. The number of hydrogen-bond acceptors (Lipinski definition) is 7. The highest BCUT2D eigenvalue weighted by Gasteiger charge is 2.32. The van der Waals surface area contributed by atoms with Crippen LogP contribution in [0.4, 0.5) is 11.4 Å². The summed E-state index contributed by atoms with van der Waals surface area (Å²) in [5.41, 5.74) is 0.845. The predicted molar refractivity (Wildman–Crippen MR) is 141 cm³/mol. The largest absolute Gasteiger partial charge is 0.497 e. The molecule has 12 heteroatoms. The van der Waals surface area contributed by atoms with Gasteiger partial charge in [-0.25, -0.2) is 8.42 Å². The number of sulfonamides is 1. The van der Waals surface area contributed by atoms with E-state index >= 15 is 0 Å². The second-order valence-electron chi connectivity index (χ2n) is 8.59. The summed E-state index contributed by atoms with van der Waals surface area (Å²) < 4.78 is 31.6. The molecule has 0 bridgehead atoms. The van der Waals surface area contributed by atoms with Crippen LogP contribution < -0.4 is 14.4 Å². The molecule has 2 aromatic rings. The number of nitro groups is 1. The van der Waals surface area contributed by atoms with Gasteiger partial charge in [0, 0.05) is 25.2 Å². The third-order valence-corrected chi connectivity index (χ3v) is 6.90. The molecule has 202 valence electrons. The van der Waals surface area contributed by atoms with E-state index in [-0.39, 0.29) is 23.8 Å². The van der Waals surface area contributed by atoms with E-state index in [1.165, 1.54) is 24.1 Å². The number of ether oxygens (including phenoxy) is 1. The number of carbonyl (C=O) groups excluding carboxylic acids is 2. The molecule has 0 unspecified atom stereocenters. The van der Waals surface area contributed by atoms with Crippen molar-refractivity contribution in [3.05, 3.63) is 63.7 Å². The van der Waals surface area contributed by atoms with E-state index in [1.807, 2.05) is 6.92 Å². The molecule has 2 aromatic carbocycles. The Hall–Kier alpha value is -3.67. The Bertz CT molecular complexity index is 1230. The standard InChI is InChI=1S/C25H34N4O7S/c1-6-13-26-25(31)22(7-2)27(16-19-9-8-10-21(14-19)36-4)24(30)17-28(37(5,34)35)23-15-20(29(32)33)12-11-18(23)3/h8-12,14-15,22H,6-7,13,16-17H2,1-5H3,(H,26,31)/t22-/m1/s1. The fourth-order valence-electron chi connectivity index (χ4n) is 3.83. The maximum Gasteiger partial charge on any atom is 0.271 e. The summed E-state index contributed by atoms with van der Waals surface area (Å²) in [7, 11) is -2.50. The fourth-order valence-corrected chi connectivity index (χ4v) is 4.73. The lowest BCUT2D eigenvalue weighted by Crippen LogP contribution is -2.52. The van der Waals surface area contributed by atoms with Gasteiger partial charge in [-0.1, -0.05) is 32.0 Å². The number of methoxy groups -OCH3 is 1. The van der Waals surface area contributed by atoms with E-state index in [4.69, 9.17) is 4.74 Å². The third kappa shape index (κ3) is 7.91. The number of amides is 2. The minimum Gasteiger partial charge on any atom is -0.497 e. The first-order chi connectivity index (χ1) is 17.4. The fraction of sp³-hybridized carbons (Fsp3) is 0.440. The van der Waals surface area contributed by atoms with Gasteiger partial charge in [-0.05, 0) is 43.0 Å². The van der Waals surface area contributed by atoms with Crippen LogP contribution in [0.3, 0.4) is 0 Å². The molecular formula is C25H34N4O7S. The summed E-state index contributed by atoms with van der Waals surface area (Å²) in [6.07, 6.45) is 1.93. The SMILES string of the molecule is CCCNC(=O)[C@@H](CC)N(Cc1cccc(OC)c1)C(=O)CN(c1cc([N+](=O)[O-])ccc1C)S(C)(=O)=O. The van der Waals surface area contributed by atoms with Crippen LogP contribution in [-0.4, -0.2) is 62.6 Å². The van der Waals surface area contributed by atoms with E-state index in [1.54, 1.807) is 38.1 Å². The number of non-ortho nitro benzene ring substituents is 1. The first kappa shape index (κ1) is 29.6. The molecule has 37 heavy (non-hydrogen) atoms. The highest BCUT2D eigenvalue weighted by molar-refractivity contribution is 7.92. The van der Waals surface area contributed by atoms with Crippen molar-refractivity contribution in [2.75, 3.05) is 30.8 Å². The van der Waals surface area contributed by atoms with E-state index in [2.05, 4.69) is 5.32 Å². The molecule has 0 spiro atoms. The molecule has 0 aliphatic rings. The maximum atomic E-state index is 13.7. The summed E-state index contributed by atoms with van der Waals surface area (Å²) in [6, 6.07) is 9.97. The number of anilines is 1. The summed E-state index contributed by atoms with van der Waals surface area (Å²) in [4.78, 5) is 38.7. The molecule has 2 rings (SSSR count). The van der Waals surface area contributed by atoms with Crippen LogP contribution in [0.25, 0.3) is 0 Å². The number of nitro benzene ring substituents is 1. The minimum absolute atomic E-state index is 0.0230. The molecule has 0 radical (unpaired) electrons. The van der Waals surface area contributed by atoms with Crippen molar-refractivity contribution in [3.63, 3.8) is 0 Å². The highest BCUT2D eigenvalue weighted by atomic mass is 32.2. The van der Waals surface area contributed by atoms with Crippen molar-refractivity contribution in [1.29, 1.82) is 0 Å². The van der Waals surface area contributed by atoms with Crippen LogP contribution in [0.1, 0.15) is 37.8 Å². The Labute approximate surface area is 217 Å². The van der Waals surface area contributed by atoms with Gasteiger partial charge in [0.15, 0.2) is 0 Å². The zero-order chi connectivity index (χ0) is 27.8. The lowest BCUT2D eigenvalue weighted by molar-refractivity contribution is -0.384. The number of rotatable bonds is 13. The van der Waals surface area contributed by atoms with E-state index in [9.17, 15) is 28.1 Å². The summed E-state index contributed by atoms with van der Waals surface area (Å²) in [6.45, 7) is 5.09. The molecule has 0 heterocycles. The van der Waals surface area contributed by atoms with Gasteiger partial charge in [-0.2, -0.15) is 0 Å². The van der Waals surface area contributed by atoms with E-state index in [0.717, 1.165) is 16.6 Å². The average molecular weight is 535 g/mol. The molecule has 2 amide bonds. The zero-order valence-corrected chi connectivity index (χ0v) is 22.6. The molecule has 0 saturated heterocycles. The lowest BCUT2D eigenvalue weighted by atomic mass is 10.1. The Morgan fingerprint density at radius 1 is 1.16 bits per heavy atom. The van der Waals surface area contributed by atoms with Crippen molar-refractivity contribution in [1.82, 2.24) is 10.2 Å². The van der Waals surface area contributed by atoms with Gasteiger partial charge in [0.05, 0.1) is 24.0 Å². The Morgan fingerprint density at radius 2 is 1.86 bits per heavy atom. The number of carbonyl (C=O) groups is 2. The molecule has 0 fully saturated rings. The number of hydrogen-bond donors (Lipinski definition) is 1. The second kappa shape index (κ2) is 13.0. The quantitative estimate of drug-likeness (QED) is 0.308. The Balaban J connectivity index is 2.52. The minimum atomic E-state index is -4.02. The van der Waals surface area contributed by atoms with Crippen LogP contribution in [0.2, 0.25) is 0 Å². The van der Waals surface area contributed by atoms with Crippen molar-refractivity contribution in [2.45, 2.75) is 46.2 Å². The van der Waals surface area contributed by atoms with Gasteiger partial charge in [0.25, 0.3) is 5.69 Å². The first-order valence-corrected chi connectivity index (χ1v) is 13.7. The summed E-state index contributed by atoms with van der Waals surface area (Å²) >= 11 is 0. The van der Waals surface area contributed by atoms with E-state index in [0.29, 0.717) is 36.3 Å². The van der Waals surface area contributed by atoms with Crippen molar-refractivity contribution >= 4 is 33.2 Å². The van der Waals surface area contributed by atoms with Gasteiger partial charge in [-0.3, -0.25) is 24.0 Å². The van der Waals surface area contributed by atoms with Crippen LogP contribution in [-0.2, 0) is 26.2 Å². The van der Waals surface area contributed by atoms with Crippen LogP contribution in [0.5, 0.6) is 5.75 Å². The van der Waals surface area contributed by atoms with Gasteiger partial charge in [0.2, 0.25) is 21.8 Å². The molecule has 1 atom stereocenters. The van der Waals surface area contributed by atoms with Crippen LogP contribution in [0.15, 0.2) is 42.5 Å². The summed E-state index contributed by atoms with van der Waals surface area (Å²) in [5.74, 6) is -0.408. The van der Waals surface area contributed by atoms with Gasteiger partial charge in [-0.15, -0.1) is 0 Å². The smallest absolute Gasteiger partial charge is 0.271 e. The van der Waals surface area contributed by atoms with Gasteiger partial charge in [0.1, 0.15) is 18.3 Å². The highest BCUT2D eigenvalue weighted by Crippen LogP contribution is 2.28. The third-order valence-electron chi connectivity index (χ3n) is 5.77. The van der Waals surface area contributed by atoms with E-state index < -0.39 is 33.4 Å². The molecule has 0 aliphatic carbocycles. The molecule has 1 N–H and O–H groups in total. The first-order valence-electron chi connectivity index (χ1n) is 11.9. The zero-order valence-electron chi connectivity index (χ0n) is 21.8. The average Bonchev–Trinajstić information content (AvgIpc) is 2.85.